The first-order valence-electron chi connectivity index (χ1n) is 8.80. The lowest BCUT2D eigenvalue weighted by Crippen LogP contribution is -2.31. The monoisotopic (exact) mass is 354 g/mol. The smallest absolute Gasteiger partial charge is 0.262 e. The lowest BCUT2D eigenvalue weighted by molar-refractivity contribution is -0.118. The lowest BCUT2D eigenvalue weighted by Gasteiger charge is -2.12. The van der Waals surface area contributed by atoms with Crippen LogP contribution in [0.1, 0.15) is 41.8 Å². The third-order valence-corrected chi connectivity index (χ3v) is 4.12. The highest BCUT2D eigenvalue weighted by molar-refractivity contribution is 5.96. The van der Waals surface area contributed by atoms with E-state index < -0.39 is 0 Å². The molecule has 1 unspecified atom stereocenters. The predicted octanol–water partition coefficient (Wildman–Crippen LogP) is 3.85. The summed E-state index contributed by atoms with van der Waals surface area (Å²) in [7, 11) is 0. The minimum absolute atomic E-state index is 0.0689. The molecule has 0 radical (unpaired) electrons. The molecule has 0 aromatic heterocycles. The van der Waals surface area contributed by atoms with E-state index in [-0.39, 0.29) is 24.5 Å². The van der Waals surface area contributed by atoms with Crippen LogP contribution in [0.25, 0.3) is 0 Å². The molecule has 5 nitrogen and oxygen atoms in total. The number of rotatable bonds is 7. The van der Waals surface area contributed by atoms with Gasteiger partial charge in [-0.15, -0.1) is 0 Å². The van der Waals surface area contributed by atoms with Crippen molar-refractivity contribution in [2.24, 2.45) is 0 Å². The number of anilines is 1. The Balaban J connectivity index is 1.89. The Morgan fingerprint density at radius 3 is 2.42 bits per heavy atom. The zero-order valence-corrected chi connectivity index (χ0v) is 15.8. The third-order valence-electron chi connectivity index (χ3n) is 4.12. The molecule has 0 aliphatic rings. The van der Waals surface area contributed by atoms with E-state index in [0.717, 1.165) is 17.5 Å². The van der Waals surface area contributed by atoms with E-state index in [2.05, 4.69) is 10.6 Å². The third kappa shape index (κ3) is 5.62. The molecule has 0 saturated heterocycles. The molecule has 0 bridgehead atoms. The van der Waals surface area contributed by atoms with Gasteiger partial charge >= 0.3 is 0 Å². The number of aryl methyl sites for hydroxylation is 2. The number of benzene rings is 2. The number of hydrogen-bond acceptors (Lipinski definition) is 3. The van der Waals surface area contributed by atoms with Gasteiger partial charge < -0.3 is 15.4 Å². The summed E-state index contributed by atoms with van der Waals surface area (Å²) in [6.07, 6.45) is 0.875. The topological polar surface area (TPSA) is 67.4 Å². The molecule has 0 fully saturated rings. The maximum Gasteiger partial charge on any atom is 0.262 e. The van der Waals surface area contributed by atoms with Crippen molar-refractivity contribution in [2.75, 3.05) is 11.9 Å². The van der Waals surface area contributed by atoms with Gasteiger partial charge in [0.1, 0.15) is 5.75 Å². The molecule has 0 aliphatic heterocycles. The SMILES string of the molecule is CCC(C)NC(=O)c1ccc(NC(=O)COc2cc(C)ccc2C)cc1. The van der Waals surface area contributed by atoms with Crippen LogP contribution in [0.3, 0.4) is 0 Å². The van der Waals surface area contributed by atoms with Gasteiger partial charge in [0.05, 0.1) is 0 Å². The number of hydrogen-bond donors (Lipinski definition) is 2. The summed E-state index contributed by atoms with van der Waals surface area (Å²) < 4.78 is 5.59. The van der Waals surface area contributed by atoms with Gasteiger partial charge in [0, 0.05) is 17.3 Å². The highest BCUT2D eigenvalue weighted by atomic mass is 16.5. The van der Waals surface area contributed by atoms with Gasteiger partial charge in [0.2, 0.25) is 0 Å². The van der Waals surface area contributed by atoms with Gasteiger partial charge in [0.15, 0.2) is 6.61 Å². The molecule has 0 aliphatic carbocycles. The average Bonchev–Trinajstić information content (AvgIpc) is 2.62. The average molecular weight is 354 g/mol. The van der Waals surface area contributed by atoms with Crippen molar-refractivity contribution in [3.63, 3.8) is 0 Å². The van der Waals surface area contributed by atoms with Gasteiger partial charge in [-0.25, -0.2) is 0 Å². The van der Waals surface area contributed by atoms with Crippen LogP contribution in [0.2, 0.25) is 0 Å². The summed E-state index contributed by atoms with van der Waals surface area (Å²) >= 11 is 0. The van der Waals surface area contributed by atoms with E-state index >= 15 is 0 Å². The van der Waals surface area contributed by atoms with Gasteiger partial charge in [-0.2, -0.15) is 0 Å². The Bertz CT molecular complexity index is 769. The summed E-state index contributed by atoms with van der Waals surface area (Å²) in [5.41, 5.74) is 3.26. The molecular weight excluding hydrogens is 328 g/mol. The fourth-order valence-electron chi connectivity index (χ4n) is 2.32. The standard InChI is InChI=1S/C21H26N2O3/c1-5-16(4)22-21(25)17-8-10-18(11-9-17)23-20(24)13-26-19-12-14(2)6-7-15(19)3/h6-12,16H,5,13H2,1-4H3,(H,22,25)(H,23,24). The first-order valence-corrected chi connectivity index (χ1v) is 8.80. The predicted molar refractivity (Wildman–Crippen MR) is 104 cm³/mol. The molecule has 2 aromatic rings. The highest BCUT2D eigenvalue weighted by Gasteiger charge is 2.10. The van der Waals surface area contributed by atoms with E-state index in [1.54, 1.807) is 24.3 Å². The van der Waals surface area contributed by atoms with E-state index in [0.29, 0.717) is 17.0 Å². The molecule has 26 heavy (non-hydrogen) atoms. The van der Waals surface area contributed by atoms with Crippen molar-refractivity contribution in [1.82, 2.24) is 5.32 Å². The Morgan fingerprint density at radius 1 is 1.08 bits per heavy atom. The van der Waals surface area contributed by atoms with Gasteiger partial charge in [0.25, 0.3) is 11.8 Å². The normalized spacial score (nSPS) is 11.5. The van der Waals surface area contributed by atoms with Crippen LogP contribution in [-0.2, 0) is 4.79 Å². The van der Waals surface area contributed by atoms with Crippen molar-refractivity contribution in [2.45, 2.75) is 40.2 Å². The van der Waals surface area contributed by atoms with Gasteiger partial charge in [-0.1, -0.05) is 19.1 Å². The number of amides is 2. The molecular formula is C21H26N2O3. The van der Waals surface area contributed by atoms with Crippen LogP contribution in [0.15, 0.2) is 42.5 Å². The van der Waals surface area contributed by atoms with Crippen LogP contribution in [-0.4, -0.2) is 24.5 Å². The molecule has 138 valence electrons. The molecule has 0 heterocycles. The Labute approximate surface area is 154 Å². The Hall–Kier alpha value is -2.82. The van der Waals surface area contributed by atoms with Crippen molar-refractivity contribution in [3.05, 3.63) is 59.2 Å². The largest absolute Gasteiger partial charge is 0.483 e. The molecule has 0 spiro atoms. The van der Waals surface area contributed by atoms with Crippen molar-refractivity contribution in [1.29, 1.82) is 0 Å². The summed E-state index contributed by atoms with van der Waals surface area (Å²) in [5, 5.41) is 5.68. The highest BCUT2D eigenvalue weighted by Crippen LogP contribution is 2.19. The maximum absolute atomic E-state index is 12.1. The Morgan fingerprint density at radius 2 is 1.77 bits per heavy atom. The fourth-order valence-corrected chi connectivity index (χ4v) is 2.32. The van der Waals surface area contributed by atoms with Crippen molar-refractivity contribution in [3.8, 4) is 5.75 Å². The van der Waals surface area contributed by atoms with Gasteiger partial charge in [-0.05, 0) is 68.7 Å². The maximum atomic E-state index is 12.1. The molecule has 0 saturated carbocycles. The zero-order chi connectivity index (χ0) is 19.1. The molecule has 2 amide bonds. The first kappa shape index (κ1) is 19.5. The van der Waals surface area contributed by atoms with E-state index in [1.165, 1.54) is 0 Å². The van der Waals surface area contributed by atoms with Crippen molar-refractivity contribution < 1.29 is 14.3 Å². The van der Waals surface area contributed by atoms with Crippen LogP contribution in [0.4, 0.5) is 5.69 Å². The van der Waals surface area contributed by atoms with E-state index in [9.17, 15) is 9.59 Å². The number of ether oxygens (including phenoxy) is 1. The zero-order valence-electron chi connectivity index (χ0n) is 15.8. The van der Waals surface area contributed by atoms with Crippen LogP contribution in [0, 0.1) is 13.8 Å². The molecule has 2 aromatic carbocycles. The Kier molecular flexibility index (Phi) is 6.78. The first-order chi connectivity index (χ1) is 12.4. The minimum Gasteiger partial charge on any atom is -0.483 e. The van der Waals surface area contributed by atoms with E-state index in [4.69, 9.17) is 4.74 Å². The van der Waals surface area contributed by atoms with Crippen LogP contribution in [0.5, 0.6) is 5.75 Å². The number of nitrogens with one attached hydrogen (secondary N) is 2. The molecule has 5 heteroatoms. The minimum atomic E-state index is -0.247. The van der Waals surface area contributed by atoms with E-state index in [1.807, 2.05) is 45.9 Å². The van der Waals surface area contributed by atoms with Gasteiger partial charge in [-0.3, -0.25) is 9.59 Å². The fraction of sp³-hybridized carbons (Fsp3) is 0.333. The quantitative estimate of drug-likeness (QED) is 0.794. The van der Waals surface area contributed by atoms with Crippen molar-refractivity contribution >= 4 is 17.5 Å². The second-order valence-electron chi connectivity index (χ2n) is 6.47. The summed E-state index contributed by atoms with van der Waals surface area (Å²) in [6.45, 7) is 7.83. The van der Waals surface area contributed by atoms with Crippen LogP contribution < -0.4 is 15.4 Å². The molecule has 1 atom stereocenters. The second kappa shape index (κ2) is 9.04. The van der Waals surface area contributed by atoms with Crippen LogP contribution >= 0.6 is 0 Å². The summed E-state index contributed by atoms with van der Waals surface area (Å²) in [4.78, 5) is 24.1. The molecule has 2 rings (SSSR count). The molecule has 2 N–H and O–H groups in total. The summed E-state index contributed by atoms with van der Waals surface area (Å²) in [5.74, 6) is 0.343. The second-order valence-corrected chi connectivity index (χ2v) is 6.47. The summed E-state index contributed by atoms with van der Waals surface area (Å²) in [6, 6.07) is 12.8. The lowest BCUT2D eigenvalue weighted by atomic mass is 10.1. The number of carbonyl (C=O) groups excluding carboxylic acids is 2. The number of carbonyl (C=O) groups is 2.